The Morgan fingerprint density at radius 1 is 1.18 bits per heavy atom. The molecule has 0 radical (unpaired) electrons. The molecule has 3 rings (SSSR count). The van der Waals surface area contributed by atoms with E-state index in [0.717, 1.165) is 34.3 Å². The topological polar surface area (TPSA) is 82.8 Å². The average molecular weight is 401 g/mol. The zero-order chi connectivity index (χ0) is 20.1. The Bertz CT molecular complexity index is 1140. The van der Waals surface area contributed by atoms with Crippen LogP contribution in [0.25, 0.3) is 11.0 Å². The first kappa shape index (κ1) is 20.0. The number of hydrogen-bond acceptors (Lipinski definition) is 7. The Morgan fingerprint density at radius 3 is 2.75 bits per heavy atom. The normalized spacial score (nSPS) is 11.9. The predicted octanol–water partition coefficient (Wildman–Crippen LogP) is 2.34. The van der Waals surface area contributed by atoms with E-state index >= 15 is 0 Å². The third-order valence-electron chi connectivity index (χ3n) is 4.28. The summed E-state index contributed by atoms with van der Waals surface area (Å²) in [5.74, 6) is 1.29. The van der Waals surface area contributed by atoms with Crippen molar-refractivity contribution in [1.29, 1.82) is 0 Å². The largest absolute Gasteiger partial charge is 0.493 e. The van der Waals surface area contributed by atoms with Gasteiger partial charge in [-0.05, 0) is 37.1 Å². The minimum absolute atomic E-state index is 0.195. The van der Waals surface area contributed by atoms with Gasteiger partial charge >= 0.3 is 0 Å². The third-order valence-corrected chi connectivity index (χ3v) is 5.24. The lowest BCUT2D eigenvalue weighted by atomic mass is 10.2. The van der Waals surface area contributed by atoms with Crippen LogP contribution in [0.5, 0.6) is 11.5 Å². The maximum atomic E-state index is 12.5. The second kappa shape index (κ2) is 8.97. The van der Waals surface area contributed by atoms with E-state index in [1.165, 1.54) is 19.8 Å². The molecule has 0 unspecified atom stereocenters. The molecule has 0 aliphatic carbocycles. The number of methoxy groups -OCH3 is 1. The van der Waals surface area contributed by atoms with Gasteiger partial charge in [0.15, 0.2) is 11.5 Å². The van der Waals surface area contributed by atoms with Crippen LogP contribution in [0.1, 0.15) is 43.9 Å². The molecule has 0 spiro atoms. The summed E-state index contributed by atoms with van der Waals surface area (Å²) in [5.41, 5.74) is 0.264. The number of unbranched alkanes of at least 4 members (excludes halogenated alkanes) is 3. The van der Waals surface area contributed by atoms with Gasteiger partial charge in [0.2, 0.25) is 4.96 Å². The molecule has 1 aromatic carbocycles. The fourth-order valence-corrected chi connectivity index (χ4v) is 3.65. The maximum absolute atomic E-state index is 12.5. The first-order valence-electron chi connectivity index (χ1n) is 9.26. The summed E-state index contributed by atoms with van der Waals surface area (Å²) in [7, 11) is 1.59. The Morgan fingerprint density at radius 2 is 2.00 bits per heavy atom. The van der Waals surface area contributed by atoms with Crippen molar-refractivity contribution in [3.05, 3.63) is 54.7 Å². The highest BCUT2D eigenvalue weighted by Crippen LogP contribution is 2.28. The summed E-state index contributed by atoms with van der Waals surface area (Å²) in [6.45, 7) is 4.35. The quantitative estimate of drug-likeness (QED) is 0.539. The Kier molecular flexibility index (Phi) is 6.41. The molecule has 28 heavy (non-hydrogen) atoms. The van der Waals surface area contributed by atoms with Crippen molar-refractivity contribution in [1.82, 2.24) is 14.6 Å². The lowest BCUT2D eigenvalue weighted by Gasteiger charge is -2.11. The fourth-order valence-electron chi connectivity index (χ4n) is 2.74. The molecule has 148 valence electrons. The minimum atomic E-state index is -0.421. The van der Waals surface area contributed by atoms with Gasteiger partial charge in [0.25, 0.3) is 11.1 Å². The van der Waals surface area contributed by atoms with Crippen molar-refractivity contribution in [2.45, 2.75) is 39.5 Å². The van der Waals surface area contributed by atoms with Crippen molar-refractivity contribution in [2.75, 3.05) is 13.7 Å². The first-order valence-corrected chi connectivity index (χ1v) is 10.1. The van der Waals surface area contributed by atoms with Crippen molar-refractivity contribution in [2.24, 2.45) is 0 Å². The van der Waals surface area contributed by atoms with Gasteiger partial charge in [-0.3, -0.25) is 9.59 Å². The summed E-state index contributed by atoms with van der Waals surface area (Å²) < 4.78 is 12.9. The number of benzene rings is 1. The maximum Gasteiger partial charge on any atom is 0.295 e. The van der Waals surface area contributed by atoms with E-state index < -0.39 is 5.56 Å². The number of ether oxygens (including phenoxy) is 2. The van der Waals surface area contributed by atoms with Crippen molar-refractivity contribution >= 4 is 22.4 Å². The highest BCUT2D eigenvalue weighted by Gasteiger charge is 2.09. The van der Waals surface area contributed by atoms with Crippen molar-refractivity contribution in [3.63, 3.8) is 0 Å². The van der Waals surface area contributed by atoms with E-state index in [1.54, 1.807) is 13.2 Å². The van der Waals surface area contributed by atoms with E-state index in [4.69, 9.17) is 9.47 Å². The van der Waals surface area contributed by atoms with Crippen LogP contribution < -0.4 is 25.1 Å². The van der Waals surface area contributed by atoms with Crippen LogP contribution in [-0.2, 0) is 0 Å². The molecule has 0 atom stereocenters. The molecule has 0 bridgehead atoms. The Labute approximate surface area is 166 Å². The minimum Gasteiger partial charge on any atom is -0.493 e. The fraction of sp³-hybridized carbons (Fsp3) is 0.400. The lowest BCUT2D eigenvalue weighted by molar-refractivity contribution is 0.285. The number of thiazole rings is 1. The van der Waals surface area contributed by atoms with Crippen molar-refractivity contribution in [3.8, 4) is 11.5 Å². The number of rotatable bonds is 8. The van der Waals surface area contributed by atoms with Crippen molar-refractivity contribution < 1.29 is 9.47 Å². The van der Waals surface area contributed by atoms with E-state index in [2.05, 4.69) is 17.0 Å². The average Bonchev–Trinajstić information content (AvgIpc) is 2.97. The lowest BCUT2D eigenvalue weighted by Crippen LogP contribution is -2.27. The molecule has 0 fully saturated rings. The molecule has 7 nitrogen and oxygen atoms in total. The van der Waals surface area contributed by atoms with Gasteiger partial charge in [-0.2, -0.15) is 14.6 Å². The second-order valence-electron chi connectivity index (χ2n) is 6.43. The molecule has 2 aromatic heterocycles. The molecule has 0 aliphatic heterocycles. The molecule has 0 saturated heterocycles. The highest BCUT2D eigenvalue weighted by molar-refractivity contribution is 7.15. The zero-order valence-corrected chi connectivity index (χ0v) is 17.0. The molecule has 0 saturated carbocycles. The van der Waals surface area contributed by atoms with E-state index in [9.17, 15) is 9.59 Å². The van der Waals surface area contributed by atoms with Crippen LogP contribution in [0.15, 0.2) is 27.8 Å². The third kappa shape index (κ3) is 4.39. The smallest absolute Gasteiger partial charge is 0.295 e. The monoisotopic (exact) mass is 401 g/mol. The van der Waals surface area contributed by atoms with E-state index in [0.29, 0.717) is 22.6 Å². The number of nitrogens with zero attached hydrogens (tertiary/aromatic N) is 3. The molecule has 3 aromatic rings. The molecular formula is C20H23N3O4S. The van der Waals surface area contributed by atoms with Gasteiger partial charge in [0.1, 0.15) is 5.69 Å². The Balaban J connectivity index is 1.88. The molecule has 0 amide bonds. The van der Waals surface area contributed by atoms with E-state index in [-0.39, 0.29) is 16.2 Å². The van der Waals surface area contributed by atoms with Gasteiger partial charge in [-0.1, -0.05) is 43.6 Å². The van der Waals surface area contributed by atoms with Gasteiger partial charge in [-0.15, -0.1) is 0 Å². The summed E-state index contributed by atoms with van der Waals surface area (Å²) in [6.07, 6.45) is 6.27. The summed E-state index contributed by atoms with van der Waals surface area (Å²) in [4.78, 5) is 28.4. The summed E-state index contributed by atoms with van der Waals surface area (Å²) >= 11 is 1.13. The van der Waals surface area contributed by atoms with Crippen LogP contribution in [0.4, 0.5) is 0 Å². The van der Waals surface area contributed by atoms with Crippen LogP contribution in [0, 0.1) is 6.92 Å². The van der Waals surface area contributed by atoms with Gasteiger partial charge in [0, 0.05) is 0 Å². The Hall–Kier alpha value is -2.74. The SMILES string of the molecule is CCCCCCOc1ccc(/C=c2\sc3nc(=O)c(C)nn3c2=O)cc1OC. The number of aryl methyl sites for hydroxylation is 1. The molecule has 0 N–H and O–H groups in total. The predicted molar refractivity (Wildman–Crippen MR) is 110 cm³/mol. The van der Waals surface area contributed by atoms with Gasteiger partial charge in [-0.25, -0.2) is 0 Å². The van der Waals surface area contributed by atoms with Crippen LogP contribution >= 0.6 is 11.3 Å². The molecule has 0 aliphatic rings. The van der Waals surface area contributed by atoms with Crippen LogP contribution in [0.2, 0.25) is 0 Å². The first-order chi connectivity index (χ1) is 13.5. The van der Waals surface area contributed by atoms with Gasteiger partial charge < -0.3 is 9.47 Å². The van der Waals surface area contributed by atoms with Gasteiger partial charge in [0.05, 0.1) is 18.2 Å². The van der Waals surface area contributed by atoms with E-state index in [1.807, 2.05) is 18.2 Å². The standard InChI is InChI=1S/C20H23N3O4S/c1-4-5-6-7-10-27-15-9-8-14(11-16(15)26-3)12-17-19(25)23-20(28-17)21-18(24)13(2)22-23/h8-9,11-12H,4-7,10H2,1-3H3/b17-12-. The number of aromatic nitrogens is 3. The highest BCUT2D eigenvalue weighted by atomic mass is 32.1. The molecule has 2 heterocycles. The summed E-state index contributed by atoms with van der Waals surface area (Å²) in [5, 5.41) is 4.01. The zero-order valence-electron chi connectivity index (χ0n) is 16.2. The van der Waals surface area contributed by atoms with Crippen LogP contribution in [0.3, 0.4) is 0 Å². The molecule has 8 heteroatoms. The summed E-state index contributed by atoms with van der Waals surface area (Å²) in [6, 6.07) is 5.52. The number of hydrogen-bond donors (Lipinski definition) is 0. The number of fused-ring (bicyclic) bond motifs is 1. The second-order valence-corrected chi connectivity index (χ2v) is 7.44. The van der Waals surface area contributed by atoms with Crippen LogP contribution in [-0.4, -0.2) is 28.3 Å². The molecular weight excluding hydrogens is 378 g/mol.